The van der Waals surface area contributed by atoms with Crippen molar-refractivity contribution in [2.75, 3.05) is 0 Å². The second kappa shape index (κ2) is 14.1. The molecule has 0 heterocycles. The molecule has 0 aliphatic heterocycles. The van der Waals surface area contributed by atoms with Crippen LogP contribution in [-0.4, -0.2) is 0 Å². The van der Waals surface area contributed by atoms with E-state index in [0.717, 1.165) is 0 Å². The minimum absolute atomic E-state index is 0.812. The maximum absolute atomic E-state index is 2.54. The molecule has 8 heavy (non-hydrogen) atoms. The first-order chi connectivity index (χ1) is 3.46. The first kappa shape index (κ1) is 17.5. The molecule has 0 saturated heterocycles. The summed E-state index contributed by atoms with van der Waals surface area (Å²) in [6, 6.07) is 0. The van der Waals surface area contributed by atoms with E-state index in [4.69, 9.17) is 0 Å². The van der Waals surface area contributed by atoms with Crippen LogP contribution in [0.3, 0.4) is 0 Å². The normalized spacial score (nSPS) is 6.75. The third-order valence-electron chi connectivity index (χ3n) is 0. The van der Waals surface area contributed by atoms with Crippen LogP contribution >= 0.6 is 84.3 Å². The first-order valence-corrected chi connectivity index (χ1v) is 65.1. The van der Waals surface area contributed by atoms with Crippen LogP contribution < -0.4 is 0 Å². The van der Waals surface area contributed by atoms with Crippen LogP contribution in [0.1, 0.15) is 0 Å². The number of hydrogen-bond acceptors (Lipinski definition) is 0. The van der Waals surface area contributed by atoms with Gasteiger partial charge in [0, 0.05) is 0 Å². The Morgan fingerprint density at radius 3 is 0.500 bits per heavy atom. The summed E-state index contributed by atoms with van der Waals surface area (Å²) in [5.74, 6) is 0. The van der Waals surface area contributed by atoms with Crippen LogP contribution in [0.5, 0.6) is 0 Å². The van der Waals surface area contributed by atoms with Gasteiger partial charge in [-0.15, -0.1) is 0 Å². The fraction of sp³-hybridized carbons (Fsp3) is 0. The second-order valence-electron chi connectivity index (χ2n) is 0.495. The number of halogens is 6. The van der Waals surface area contributed by atoms with Crippen LogP contribution in [0, 0.1) is 37.2 Å². The van der Waals surface area contributed by atoms with E-state index in [-0.39, 0.29) is 0 Å². The second-order valence-corrected chi connectivity index (χ2v) is 165. The van der Waals surface area contributed by atoms with E-state index >= 15 is 0 Å². The minimum atomic E-state index is -0.812. The predicted molar refractivity (Wildman–Crippen MR) is 84.1 cm³/mol. The molecule has 0 bridgehead atoms. The molecule has 0 aromatic carbocycles. The summed E-state index contributed by atoms with van der Waals surface area (Å²) in [5, 5.41) is 0. The summed E-state index contributed by atoms with van der Waals surface area (Å²) in [5.41, 5.74) is 0. The van der Waals surface area contributed by atoms with Gasteiger partial charge in [-0.1, -0.05) is 0 Å². The standard InChI is InChI=1S/6HI.2Pr/h6*1H;;/q;;;;;;2*+3/p-6. The molecule has 0 amide bonds. The van der Waals surface area contributed by atoms with E-state index < -0.39 is 37.2 Å². The van der Waals surface area contributed by atoms with E-state index in [9.17, 15) is 0 Å². The average Bonchev–Trinajstić information content (AvgIpc) is 1.25. The van der Waals surface area contributed by atoms with Gasteiger partial charge in [-0.25, -0.2) is 0 Å². The van der Waals surface area contributed by atoms with Crippen molar-refractivity contribution in [1.29, 1.82) is 0 Å². The van der Waals surface area contributed by atoms with E-state index in [1.54, 1.807) is 0 Å². The summed E-state index contributed by atoms with van der Waals surface area (Å²) in [4.78, 5) is 0. The van der Waals surface area contributed by atoms with Gasteiger partial charge in [0.1, 0.15) is 0 Å². The zero-order valence-electron chi connectivity index (χ0n) is 3.42. The molecule has 0 rings (SSSR count). The van der Waals surface area contributed by atoms with Gasteiger partial charge in [-0.05, 0) is 0 Å². The molecule has 8 heteroatoms. The van der Waals surface area contributed by atoms with Gasteiger partial charge in [-0.3, -0.25) is 0 Å². The Hall–Kier alpha value is 7.11. The van der Waals surface area contributed by atoms with Gasteiger partial charge in [0.25, 0.3) is 0 Å². The average molecular weight is 1040 g/mol. The van der Waals surface area contributed by atoms with Gasteiger partial charge in [0.05, 0.1) is 0 Å². The molecule has 0 aromatic rings. The zero-order chi connectivity index (χ0) is 7.15. The Balaban J connectivity index is 0. The molecule has 0 unspecified atom stereocenters. The monoisotopic (exact) mass is 1040 g/mol. The molecule has 0 N–H and O–H groups in total. The summed E-state index contributed by atoms with van der Waals surface area (Å²) < 4.78 is 0. The van der Waals surface area contributed by atoms with Gasteiger partial charge >= 0.3 is 121 Å². The van der Waals surface area contributed by atoms with Gasteiger partial charge < -0.3 is 0 Å². The van der Waals surface area contributed by atoms with Crippen molar-refractivity contribution in [1.82, 2.24) is 0 Å². The van der Waals surface area contributed by atoms with Gasteiger partial charge in [0.2, 0.25) is 0 Å². The number of rotatable bonds is 0. The summed E-state index contributed by atoms with van der Waals surface area (Å²) >= 11 is 13.6. The maximum atomic E-state index is 2.54. The topological polar surface area (TPSA) is 0 Å². The molecule has 0 nitrogen and oxygen atoms in total. The van der Waals surface area contributed by atoms with Crippen molar-refractivity contribution in [3.05, 3.63) is 0 Å². The molecule has 0 saturated carbocycles. The molecule has 0 aliphatic rings. The van der Waals surface area contributed by atoms with Gasteiger partial charge in [-0.2, -0.15) is 0 Å². The Kier molecular flexibility index (Phi) is 30.9. The SMILES string of the molecule is [I][Pr]([I])[I].[I][Pr]([I])[I]. The molecule has 0 aliphatic carbocycles. The molecular formula is I6Pr2. The molecule has 48 valence electrons. The van der Waals surface area contributed by atoms with Crippen LogP contribution in [0.15, 0.2) is 0 Å². The summed E-state index contributed by atoms with van der Waals surface area (Å²) in [7, 11) is 0. The van der Waals surface area contributed by atoms with Crippen molar-refractivity contribution in [3.8, 4) is 0 Å². The third-order valence-corrected chi connectivity index (χ3v) is 0. The summed E-state index contributed by atoms with van der Waals surface area (Å²) in [6.07, 6.45) is 0. The molecule has 0 atom stereocenters. The van der Waals surface area contributed by atoms with Crippen molar-refractivity contribution < 1.29 is 37.2 Å². The van der Waals surface area contributed by atoms with Crippen LogP contribution in [0.2, 0.25) is 0 Å². The summed E-state index contributed by atoms with van der Waals surface area (Å²) in [6.45, 7) is 0. The van der Waals surface area contributed by atoms with Crippen LogP contribution in [0.4, 0.5) is 0 Å². The van der Waals surface area contributed by atoms with E-state index in [0.29, 0.717) is 0 Å². The predicted octanol–water partition coefficient (Wildman–Crippen LogP) is 5.31. The Morgan fingerprint density at radius 2 is 0.500 bits per heavy atom. The van der Waals surface area contributed by atoms with E-state index in [1.165, 1.54) is 0 Å². The Labute approximate surface area is 114 Å². The van der Waals surface area contributed by atoms with E-state index in [1.807, 2.05) is 0 Å². The van der Waals surface area contributed by atoms with Crippen molar-refractivity contribution in [2.45, 2.75) is 0 Å². The fourth-order valence-corrected chi connectivity index (χ4v) is 0. The molecule has 0 fully saturated rings. The van der Waals surface area contributed by atoms with Crippen molar-refractivity contribution >= 4 is 84.3 Å². The molecule has 0 spiro atoms. The first-order valence-electron chi connectivity index (χ1n) is 1.31. The fourth-order valence-electron chi connectivity index (χ4n) is 0. The van der Waals surface area contributed by atoms with Gasteiger partial charge in [0.15, 0.2) is 0 Å². The molecule has 0 aromatic heterocycles. The van der Waals surface area contributed by atoms with Crippen molar-refractivity contribution in [3.63, 3.8) is 0 Å². The number of hydrogen-bond donors (Lipinski definition) is 0. The van der Waals surface area contributed by atoms with Crippen LogP contribution in [0.25, 0.3) is 0 Å². The quantitative estimate of drug-likeness (QED) is 0.289. The third kappa shape index (κ3) is 38.0. The Morgan fingerprint density at radius 1 is 0.500 bits per heavy atom. The van der Waals surface area contributed by atoms with E-state index in [2.05, 4.69) is 84.3 Å². The Bertz CT molecular complexity index is 22.0. The molecular weight excluding hydrogens is 1040 g/mol. The van der Waals surface area contributed by atoms with Crippen LogP contribution in [-0.2, 0) is 0 Å². The zero-order valence-corrected chi connectivity index (χ0v) is 23.8. The molecule has 0 radical (unpaired) electrons. The van der Waals surface area contributed by atoms with Crippen molar-refractivity contribution in [2.24, 2.45) is 0 Å².